The first-order chi connectivity index (χ1) is 16.5. The zero-order valence-corrected chi connectivity index (χ0v) is 19.5. The van der Waals surface area contributed by atoms with Gasteiger partial charge in [0.15, 0.2) is 0 Å². The molecule has 10 heteroatoms. The van der Waals surface area contributed by atoms with Crippen molar-refractivity contribution in [2.75, 3.05) is 4.72 Å². The van der Waals surface area contributed by atoms with Gasteiger partial charge in [-0.2, -0.15) is 18.2 Å². The highest BCUT2D eigenvalue weighted by Crippen LogP contribution is 2.31. The van der Waals surface area contributed by atoms with Crippen LogP contribution in [0.1, 0.15) is 17.1 Å². The number of aryl methyl sites for hydroxylation is 1. The number of sulfonamides is 1. The maximum absolute atomic E-state index is 13.0. The largest absolute Gasteiger partial charge is 0.416 e. The van der Waals surface area contributed by atoms with E-state index in [2.05, 4.69) is 9.71 Å². The molecule has 35 heavy (non-hydrogen) atoms. The molecule has 0 fully saturated rings. The molecule has 4 aromatic rings. The van der Waals surface area contributed by atoms with Crippen LogP contribution in [0.15, 0.2) is 88.6 Å². The number of alkyl halides is 3. The highest BCUT2D eigenvalue weighted by molar-refractivity contribution is 7.92. The summed E-state index contributed by atoms with van der Waals surface area (Å²) in [5.74, 6) is 0.354. The fraction of sp³-hybridized carbons (Fsp3) is 0.120. The van der Waals surface area contributed by atoms with E-state index in [1.807, 2.05) is 6.07 Å². The van der Waals surface area contributed by atoms with Gasteiger partial charge in [0.05, 0.1) is 16.0 Å². The Hall–Kier alpha value is -3.92. The monoisotopic (exact) mass is 499 g/mol. The first-order valence-corrected chi connectivity index (χ1v) is 11.9. The maximum Gasteiger partial charge on any atom is 0.416 e. The number of halogens is 3. The average Bonchev–Trinajstić information content (AvgIpc) is 2.79. The van der Waals surface area contributed by atoms with Gasteiger partial charge in [-0.25, -0.2) is 8.42 Å². The quantitative estimate of drug-likeness (QED) is 0.402. The first-order valence-electron chi connectivity index (χ1n) is 10.4. The molecule has 0 radical (unpaired) electrons. The molecule has 0 bridgehead atoms. The van der Waals surface area contributed by atoms with Crippen LogP contribution in [-0.4, -0.2) is 18.0 Å². The van der Waals surface area contributed by atoms with Crippen molar-refractivity contribution in [1.82, 2.24) is 9.55 Å². The molecule has 1 N–H and O–H groups in total. The van der Waals surface area contributed by atoms with E-state index in [0.29, 0.717) is 28.3 Å². The third kappa shape index (κ3) is 4.97. The summed E-state index contributed by atoms with van der Waals surface area (Å²) < 4.78 is 68.9. The number of nitrogens with one attached hydrogen (secondary N) is 1. The van der Waals surface area contributed by atoms with Crippen LogP contribution in [0.2, 0.25) is 0 Å². The summed E-state index contributed by atoms with van der Waals surface area (Å²) >= 11 is 0. The molecule has 1 heterocycles. The van der Waals surface area contributed by atoms with E-state index in [0.717, 1.165) is 18.2 Å². The molecule has 0 atom stereocenters. The van der Waals surface area contributed by atoms with Gasteiger partial charge in [0.1, 0.15) is 5.82 Å². The first kappa shape index (κ1) is 24.2. The normalized spacial score (nSPS) is 11.9. The second-order valence-electron chi connectivity index (χ2n) is 7.81. The molecular formula is C25H20F3N3O3S. The molecule has 6 nitrogen and oxygen atoms in total. The summed E-state index contributed by atoms with van der Waals surface area (Å²) in [6.45, 7) is 3.37. The van der Waals surface area contributed by atoms with Crippen LogP contribution in [0.4, 0.5) is 18.9 Å². The van der Waals surface area contributed by atoms with Gasteiger partial charge in [0.25, 0.3) is 15.6 Å². The number of aromatic nitrogens is 2. The summed E-state index contributed by atoms with van der Waals surface area (Å²) in [5.41, 5.74) is 0.459. The van der Waals surface area contributed by atoms with Crippen LogP contribution in [0, 0.1) is 13.8 Å². The van der Waals surface area contributed by atoms with E-state index in [4.69, 9.17) is 0 Å². The van der Waals surface area contributed by atoms with Crippen molar-refractivity contribution in [3.05, 3.63) is 106 Å². The predicted octanol–water partition coefficient (Wildman–Crippen LogP) is 5.34. The number of rotatable bonds is 5. The Morgan fingerprint density at radius 3 is 2.26 bits per heavy atom. The topological polar surface area (TPSA) is 81.1 Å². The lowest BCUT2D eigenvalue weighted by Gasteiger charge is -2.18. The molecule has 0 saturated heterocycles. The van der Waals surface area contributed by atoms with Gasteiger partial charge in [-0.05, 0) is 55.8 Å². The van der Waals surface area contributed by atoms with Crippen LogP contribution in [0.3, 0.4) is 0 Å². The molecule has 0 saturated carbocycles. The summed E-state index contributed by atoms with van der Waals surface area (Å²) in [7, 11) is -4.22. The van der Waals surface area contributed by atoms with Gasteiger partial charge in [-0.3, -0.25) is 9.52 Å². The molecule has 0 unspecified atom stereocenters. The van der Waals surface area contributed by atoms with Gasteiger partial charge in [-0.15, -0.1) is 0 Å². The van der Waals surface area contributed by atoms with Crippen molar-refractivity contribution in [1.29, 1.82) is 0 Å². The Kier molecular flexibility index (Phi) is 6.25. The van der Waals surface area contributed by atoms with Crippen LogP contribution in [0.25, 0.3) is 16.8 Å². The Bertz CT molecular complexity index is 1560. The number of hydrogen-bond acceptors (Lipinski definition) is 4. The van der Waals surface area contributed by atoms with Gasteiger partial charge in [-0.1, -0.05) is 42.5 Å². The molecule has 1 aromatic heterocycles. The fourth-order valence-electron chi connectivity index (χ4n) is 3.84. The van der Waals surface area contributed by atoms with E-state index in [-0.39, 0.29) is 10.6 Å². The molecule has 4 rings (SSSR count). The molecule has 0 spiro atoms. The Morgan fingerprint density at radius 2 is 1.57 bits per heavy atom. The maximum atomic E-state index is 13.0. The van der Waals surface area contributed by atoms with Crippen molar-refractivity contribution in [2.45, 2.75) is 24.9 Å². The highest BCUT2D eigenvalue weighted by atomic mass is 32.2. The number of hydrogen-bond donors (Lipinski definition) is 1. The SMILES string of the molecule is Cc1nc(=O)c(-c2ccccc2)c(C)n1-c1cccc(S(=O)(=O)Nc2cccc(C(F)(F)F)c2)c1. The van der Waals surface area contributed by atoms with Crippen molar-refractivity contribution in [3.8, 4) is 16.8 Å². The molecular weight excluding hydrogens is 479 g/mol. The number of anilines is 1. The van der Waals surface area contributed by atoms with E-state index in [1.54, 1.807) is 48.7 Å². The van der Waals surface area contributed by atoms with E-state index < -0.39 is 27.3 Å². The second-order valence-corrected chi connectivity index (χ2v) is 9.49. The summed E-state index contributed by atoms with van der Waals surface area (Å²) in [5, 5.41) is 0. The lowest BCUT2D eigenvalue weighted by molar-refractivity contribution is -0.137. The fourth-order valence-corrected chi connectivity index (χ4v) is 4.93. The van der Waals surface area contributed by atoms with Crippen molar-refractivity contribution in [3.63, 3.8) is 0 Å². The number of benzene rings is 3. The summed E-state index contributed by atoms with van der Waals surface area (Å²) in [6, 6.07) is 18.8. The Labute approximate surface area is 199 Å². The van der Waals surface area contributed by atoms with E-state index >= 15 is 0 Å². The van der Waals surface area contributed by atoms with Crippen molar-refractivity contribution >= 4 is 15.7 Å². The smallest absolute Gasteiger partial charge is 0.302 e. The van der Waals surface area contributed by atoms with Crippen molar-refractivity contribution in [2.24, 2.45) is 0 Å². The van der Waals surface area contributed by atoms with Gasteiger partial charge in [0, 0.05) is 17.1 Å². The average molecular weight is 500 g/mol. The van der Waals surface area contributed by atoms with Gasteiger partial charge >= 0.3 is 6.18 Å². The zero-order valence-electron chi connectivity index (χ0n) is 18.7. The summed E-state index contributed by atoms with van der Waals surface area (Å²) in [6.07, 6.45) is -4.61. The molecule has 0 aliphatic rings. The third-order valence-corrected chi connectivity index (χ3v) is 6.77. The predicted molar refractivity (Wildman–Crippen MR) is 127 cm³/mol. The summed E-state index contributed by atoms with van der Waals surface area (Å²) in [4.78, 5) is 16.6. The molecule has 180 valence electrons. The Morgan fingerprint density at radius 1 is 0.886 bits per heavy atom. The van der Waals surface area contributed by atoms with Crippen LogP contribution < -0.4 is 10.3 Å². The molecule has 0 aliphatic heterocycles. The van der Waals surface area contributed by atoms with Crippen LogP contribution >= 0.6 is 0 Å². The van der Waals surface area contributed by atoms with E-state index in [1.165, 1.54) is 24.3 Å². The van der Waals surface area contributed by atoms with Crippen LogP contribution in [0.5, 0.6) is 0 Å². The minimum Gasteiger partial charge on any atom is -0.302 e. The minimum atomic E-state index is -4.61. The number of nitrogens with zero attached hydrogens (tertiary/aromatic N) is 2. The Balaban J connectivity index is 1.77. The molecule has 3 aromatic carbocycles. The highest BCUT2D eigenvalue weighted by Gasteiger charge is 2.30. The lowest BCUT2D eigenvalue weighted by Crippen LogP contribution is -2.20. The minimum absolute atomic E-state index is 0.161. The van der Waals surface area contributed by atoms with Crippen LogP contribution in [-0.2, 0) is 16.2 Å². The molecule has 0 aliphatic carbocycles. The standard InChI is InChI=1S/C25H20F3N3O3S/c1-16-23(18-8-4-3-5-9-18)24(32)29-17(2)31(16)21-12-7-13-22(15-21)35(33,34)30-20-11-6-10-19(14-20)25(26,27)28/h3-15,30H,1-2H3. The third-order valence-electron chi connectivity index (χ3n) is 5.39. The van der Waals surface area contributed by atoms with Gasteiger partial charge in [0.2, 0.25) is 0 Å². The second kappa shape index (κ2) is 9.03. The van der Waals surface area contributed by atoms with Gasteiger partial charge < -0.3 is 4.57 Å². The lowest BCUT2D eigenvalue weighted by atomic mass is 10.1. The van der Waals surface area contributed by atoms with Crippen molar-refractivity contribution < 1.29 is 21.6 Å². The van der Waals surface area contributed by atoms with E-state index in [9.17, 15) is 26.4 Å². The molecule has 0 amide bonds. The zero-order chi connectivity index (χ0) is 25.4.